The number of aryl methyl sites for hydroxylation is 1. The van der Waals surface area contributed by atoms with Crippen LogP contribution >= 0.6 is 68.8 Å². The smallest absolute Gasteiger partial charge is 0.223 e. The van der Waals surface area contributed by atoms with Gasteiger partial charge >= 0.3 is 0 Å². The van der Waals surface area contributed by atoms with Crippen molar-refractivity contribution < 1.29 is 27.4 Å². The molecule has 23 heteroatoms. The van der Waals surface area contributed by atoms with Gasteiger partial charge in [0.15, 0.2) is 28.9 Å². The molecule has 0 saturated carbocycles. The molecule has 0 aliphatic heterocycles. The van der Waals surface area contributed by atoms with Crippen LogP contribution in [-0.4, -0.2) is 76.4 Å². The van der Waals surface area contributed by atoms with Crippen LogP contribution in [0, 0.1) is 17.5 Å². The molecule has 0 spiro atoms. The van der Waals surface area contributed by atoms with E-state index in [0.29, 0.717) is 91.2 Å². The molecule has 0 saturated heterocycles. The molecule has 2 N–H and O–H groups in total. The molecular weight excluding hydrogens is 1240 g/mol. The van der Waals surface area contributed by atoms with E-state index in [1.807, 2.05) is 59.5 Å². The fourth-order valence-corrected chi connectivity index (χ4v) is 11.5. The molecule has 88 heavy (non-hydrogen) atoms. The van der Waals surface area contributed by atoms with E-state index in [1.165, 1.54) is 58.4 Å². The molecule has 0 unspecified atom stereocenters. The molecule has 12 aromatic rings. The molecule has 8 heterocycles. The number of carbonyl (C=O) groups is 1. The van der Waals surface area contributed by atoms with Crippen molar-refractivity contribution in [1.82, 2.24) is 49.8 Å². The molecule has 0 amide bonds. The van der Waals surface area contributed by atoms with Crippen LogP contribution in [0.15, 0.2) is 176 Å². The predicted molar refractivity (Wildman–Crippen MR) is 353 cm³/mol. The van der Waals surface area contributed by atoms with Crippen LogP contribution in [0.25, 0.3) is 76.2 Å². The van der Waals surface area contributed by atoms with Gasteiger partial charge in [0.05, 0.1) is 45.4 Å². The summed E-state index contributed by atoms with van der Waals surface area (Å²) in [4.78, 5) is 53.5. The highest BCUT2D eigenvalue weighted by molar-refractivity contribution is 7.18. The van der Waals surface area contributed by atoms with Gasteiger partial charge < -0.3 is 15.2 Å². The Hall–Kier alpha value is -8.73. The van der Waals surface area contributed by atoms with Crippen molar-refractivity contribution in [3.05, 3.63) is 238 Å². The van der Waals surface area contributed by atoms with Gasteiger partial charge in [-0.2, -0.15) is 0 Å². The molecule has 12 rings (SSSR count). The van der Waals surface area contributed by atoms with Crippen molar-refractivity contribution in [1.29, 1.82) is 0 Å². The van der Waals surface area contributed by atoms with Gasteiger partial charge in [0.1, 0.15) is 39.4 Å². The van der Waals surface area contributed by atoms with Gasteiger partial charge in [0, 0.05) is 105 Å². The Balaban J connectivity index is 0.000000167. The molecule has 0 aliphatic carbocycles. The lowest BCUT2D eigenvalue weighted by atomic mass is 10.0. The van der Waals surface area contributed by atoms with E-state index < -0.39 is 0 Å². The minimum atomic E-state index is -0.225. The Morgan fingerprint density at radius 3 is 1.40 bits per heavy atom. The lowest BCUT2D eigenvalue weighted by Crippen LogP contribution is -2.06. The number of allylic oxidation sites excluding steroid dienone is 1. The number of nitrogens with zero attached hydrogens (tertiary/aromatic N) is 10. The summed E-state index contributed by atoms with van der Waals surface area (Å²) in [6.45, 7) is 12.9. The molecule has 0 atom stereocenters. The molecule has 448 valence electrons. The normalized spacial score (nSPS) is 10.3. The number of Topliss-reactive ketones (excluding diaryl/α,β-unsaturated/α-hetero) is 1. The summed E-state index contributed by atoms with van der Waals surface area (Å²) < 4.78 is 53.7. The number of methoxy groups -OCH3 is 2. The van der Waals surface area contributed by atoms with Crippen LogP contribution in [-0.2, 0) is 12.8 Å². The summed E-state index contributed by atoms with van der Waals surface area (Å²) in [7, 11) is 3.10. The highest BCUT2D eigenvalue weighted by atomic mass is 35.5. The highest BCUT2D eigenvalue weighted by Gasteiger charge is 2.16. The Bertz CT molecular complexity index is 4310. The number of fused-ring (bicyclic) bond motifs is 3. The van der Waals surface area contributed by atoms with Gasteiger partial charge in [-0.05, 0) is 110 Å². The van der Waals surface area contributed by atoms with Gasteiger partial charge in [-0.25, -0.2) is 63.0 Å². The second kappa shape index (κ2) is 34.0. The zero-order chi connectivity index (χ0) is 63.0. The molecule has 0 fully saturated rings. The third kappa shape index (κ3) is 18.4. The van der Waals surface area contributed by atoms with Gasteiger partial charge in [-0.1, -0.05) is 78.8 Å². The minimum absolute atomic E-state index is 0.0245. The second-order valence-corrected chi connectivity index (χ2v) is 21.7. The summed E-state index contributed by atoms with van der Waals surface area (Å²) in [5, 5.41) is 9.38. The van der Waals surface area contributed by atoms with E-state index >= 15 is 0 Å². The molecule has 4 aromatic carbocycles. The van der Waals surface area contributed by atoms with Crippen molar-refractivity contribution >= 4 is 117 Å². The van der Waals surface area contributed by atoms with Crippen molar-refractivity contribution in [2.75, 3.05) is 20.8 Å². The average molecular weight is 1300 g/mol. The Kier molecular flexibility index (Phi) is 25.8. The minimum Gasteiger partial charge on any atom is -0.493 e. The Labute approximate surface area is 533 Å². The van der Waals surface area contributed by atoms with E-state index in [4.69, 9.17) is 50.0 Å². The summed E-state index contributed by atoms with van der Waals surface area (Å²) in [6, 6.07) is 29.1. The summed E-state index contributed by atoms with van der Waals surface area (Å²) in [5.41, 5.74) is 11.2. The van der Waals surface area contributed by atoms with Gasteiger partial charge in [-0.15, -0.1) is 40.6 Å². The molecular formula is C65H55Cl3F3N11O3S3. The summed E-state index contributed by atoms with van der Waals surface area (Å²) >= 11 is 20.4. The number of rotatable bonds is 14. The lowest BCUT2D eigenvalue weighted by Gasteiger charge is -2.09. The number of hydrogen-bond acceptors (Lipinski definition) is 17. The number of ketones is 1. The lowest BCUT2D eigenvalue weighted by molar-refractivity contribution is 0.0979. The van der Waals surface area contributed by atoms with E-state index in [1.54, 1.807) is 106 Å². The first-order valence-corrected chi connectivity index (χ1v) is 30.3. The topological polar surface area (TPSA) is 190 Å². The van der Waals surface area contributed by atoms with Crippen molar-refractivity contribution in [2.24, 2.45) is 5.73 Å². The summed E-state index contributed by atoms with van der Waals surface area (Å²) in [5.74, 6) is 3.05. The van der Waals surface area contributed by atoms with Gasteiger partial charge in [0.2, 0.25) is 5.28 Å². The van der Waals surface area contributed by atoms with Crippen LogP contribution in [0.5, 0.6) is 11.5 Å². The number of aromatic nitrogens is 10. The van der Waals surface area contributed by atoms with Crippen LogP contribution in [0.2, 0.25) is 15.6 Å². The first-order chi connectivity index (χ1) is 42.7. The largest absolute Gasteiger partial charge is 0.493 e. The van der Waals surface area contributed by atoms with Crippen LogP contribution < -0.4 is 15.2 Å². The Morgan fingerprint density at radius 2 is 0.977 bits per heavy atom. The number of carbonyl (C=O) groups excluding carboxylic acids is 1. The average Bonchev–Trinajstić information content (AvgIpc) is 2.32. The third-order valence-electron chi connectivity index (χ3n) is 12.0. The third-order valence-corrected chi connectivity index (χ3v) is 15.7. The fraction of sp³-hybridized carbons (Fsp3) is 0.123. The zero-order valence-corrected chi connectivity index (χ0v) is 52.3. The van der Waals surface area contributed by atoms with Crippen molar-refractivity contribution in [3.63, 3.8) is 0 Å². The van der Waals surface area contributed by atoms with Gasteiger partial charge in [0.25, 0.3) is 0 Å². The van der Waals surface area contributed by atoms with Crippen LogP contribution in [0.4, 0.5) is 13.2 Å². The fourth-order valence-electron chi connectivity index (χ4n) is 8.08. The number of halogens is 6. The summed E-state index contributed by atoms with van der Waals surface area (Å²) in [6.07, 6.45) is 15.3. The monoisotopic (exact) mass is 1300 g/mol. The van der Waals surface area contributed by atoms with E-state index in [0.717, 1.165) is 55.8 Å². The number of nitrogens with two attached hydrogens (primary N) is 1. The van der Waals surface area contributed by atoms with Crippen molar-refractivity contribution in [3.8, 4) is 45.3 Å². The van der Waals surface area contributed by atoms with Gasteiger partial charge in [-0.3, -0.25) is 4.79 Å². The zero-order valence-electron chi connectivity index (χ0n) is 47.6. The molecule has 14 nitrogen and oxygen atoms in total. The molecule has 0 radical (unpaired) electrons. The molecule has 8 aromatic heterocycles. The number of hydrogen-bond donors (Lipinski definition) is 1. The Morgan fingerprint density at radius 1 is 0.545 bits per heavy atom. The van der Waals surface area contributed by atoms with E-state index in [-0.39, 0.29) is 28.5 Å². The maximum Gasteiger partial charge on any atom is 0.223 e. The maximum absolute atomic E-state index is 14.0. The number of thiophene rings is 3. The van der Waals surface area contributed by atoms with Crippen molar-refractivity contribution in [2.45, 2.75) is 32.6 Å². The maximum atomic E-state index is 14.0. The quantitative estimate of drug-likeness (QED) is 0.0468. The number of ether oxygens (including phenoxy) is 2. The number of benzene rings is 4. The SMILES string of the molecule is C=CC.C=Cc1nccc(-c2csc3c(F)cccc23)n1.C=Cc1nccc(Cl)n1.COc1ccc(C(=O)CCCc2nccc(-c3csc4c(F)cccc34)n2)cc1OC.Clc1ccnc(Cl)n1.NCCc1nccc(-c2csc3c(F)cccc23)n1. The predicted octanol–water partition coefficient (Wildman–Crippen LogP) is 17.6. The molecule has 0 bridgehead atoms. The first-order valence-electron chi connectivity index (χ1n) is 26.6. The van der Waals surface area contributed by atoms with E-state index in [2.05, 4.69) is 69.6 Å². The highest BCUT2D eigenvalue weighted by Crippen LogP contribution is 2.37. The van der Waals surface area contributed by atoms with E-state index in [9.17, 15) is 18.0 Å². The van der Waals surface area contributed by atoms with Crippen LogP contribution in [0.3, 0.4) is 0 Å². The first kappa shape index (κ1) is 66.8. The second-order valence-electron chi connectivity index (χ2n) is 17.9. The standard InChI is InChI=1S/C24H21FN2O3S.C14H12FN3S.C14H9FN2S.C6H5ClN2.C4H2Cl2N2.C3H6/c1-29-21-10-9-15(13-22(21)30-2)20(28)7-4-8-23-26-12-11-19(27-23)17-14-31-24-16(17)5-3-6-18(24)25;15-11-3-1-2-9-10(8-19-14(9)11)12-5-7-17-13(18-12)4-6-16;1-2-13-16-7-6-12(17-13)10-8-18-14-9(10)4-3-5-11(14)15;1-2-6-8-4-3-5(7)9-6;5-3-1-2-7-4(6)8-3;1-3-2/h3,5-6,9-14H,4,7-8H2,1-2H3;1-3,5,7-8H,4,6,16H2;2-8H,1H2;2-4H,1H2;1-2H;3H,1H2,2H3. The molecule has 0 aliphatic rings. The van der Waals surface area contributed by atoms with Crippen LogP contribution in [0.1, 0.15) is 53.4 Å².